The van der Waals surface area contributed by atoms with Gasteiger partial charge in [0.2, 0.25) is 5.43 Å². The highest BCUT2D eigenvalue weighted by atomic mass is 79.9. The summed E-state index contributed by atoms with van der Waals surface area (Å²) in [6.07, 6.45) is 2.02. The van der Waals surface area contributed by atoms with Gasteiger partial charge in [0.15, 0.2) is 0 Å². The van der Waals surface area contributed by atoms with Crippen molar-refractivity contribution < 1.29 is 14.7 Å². The number of carbonyl (C=O) groups is 2. The molecule has 1 atom stereocenters. The summed E-state index contributed by atoms with van der Waals surface area (Å²) in [6, 6.07) is 12.5. The standard InChI is InChI=1S/C22H21BrN2O4/c1-12(2)19(22(28)29)25-21(27)16-11-24-18-9-14(8-13-6-4-3-5-7-13)17(23)10-15(18)20(16)26/h3-7,9-12,19H,8H2,1-2H3,(H,24,26)(H,25,27)(H,28,29)/t19-/m0/s1. The molecule has 0 radical (unpaired) electrons. The number of nitrogens with one attached hydrogen (secondary N) is 2. The third-order valence-corrected chi connectivity index (χ3v) is 5.49. The summed E-state index contributed by atoms with van der Waals surface area (Å²) in [7, 11) is 0. The van der Waals surface area contributed by atoms with Crippen molar-refractivity contribution in [2.24, 2.45) is 5.92 Å². The van der Waals surface area contributed by atoms with Crippen molar-refractivity contribution in [2.45, 2.75) is 26.3 Å². The van der Waals surface area contributed by atoms with Crippen molar-refractivity contribution in [1.29, 1.82) is 0 Å². The quantitative estimate of drug-likeness (QED) is 0.526. The van der Waals surface area contributed by atoms with Gasteiger partial charge in [0.25, 0.3) is 5.91 Å². The number of amides is 1. The summed E-state index contributed by atoms with van der Waals surface area (Å²) < 4.78 is 0.766. The molecule has 3 N–H and O–H groups in total. The third-order valence-electron chi connectivity index (χ3n) is 4.75. The van der Waals surface area contributed by atoms with Crippen LogP contribution in [0.15, 0.2) is 57.9 Å². The first-order chi connectivity index (χ1) is 13.8. The number of carboxylic acid groups (broad SMARTS) is 1. The zero-order valence-corrected chi connectivity index (χ0v) is 17.6. The Balaban J connectivity index is 1.95. The lowest BCUT2D eigenvalue weighted by Gasteiger charge is -2.17. The molecule has 6 nitrogen and oxygen atoms in total. The van der Waals surface area contributed by atoms with Crippen LogP contribution in [0.25, 0.3) is 10.9 Å². The predicted octanol–water partition coefficient (Wildman–Crippen LogP) is 3.72. The number of rotatable bonds is 6. The van der Waals surface area contributed by atoms with Gasteiger partial charge in [-0.3, -0.25) is 9.59 Å². The molecule has 0 fully saturated rings. The van der Waals surface area contributed by atoms with Gasteiger partial charge in [-0.15, -0.1) is 0 Å². The highest BCUT2D eigenvalue weighted by Gasteiger charge is 2.25. The molecule has 0 spiro atoms. The number of H-pyrrole nitrogens is 1. The Morgan fingerprint density at radius 2 is 1.86 bits per heavy atom. The lowest BCUT2D eigenvalue weighted by atomic mass is 10.0. The molecule has 29 heavy (non-hydrogen) atoms. The fourth-order valence-electron chi connectivity index (χ4n) is 3.14. The van der Waals surface area contributed by atoms with E-state index >= 15 is 0 Å². The zero-order valence-electron chi connectivity index (χ0n) is 16.0. The molecule has 7 heteroatoms. The Labute approximate surface area is 176 Å². The van der Waals surface area contributed by atoms with Crippen molar-refractivity contribution in [1.82, 2.24) is 10.3 Å². The van der Waals surface area contributed by atoms with E-state index < -0.39 is 23.3 Å². The number of aliphatic carboxylic acids is 1. The molecule has 3 aromatic rings. The van der Waals surface area contributed by atoms with Gasteiger partial charge in [0.05, 0.1) is 0 Å². The first-order valence-corrected chi connectivity index (χ1v) is 9.98. The van der Waals surface area contributed by atoms with Crippen LogP contribution in [0, 0.1) is 5.92 Å². The lowest BCUT2D eigenvalue weighted by Crippen LogP contribution is -2.45. The summed E-state index contributed by atoms with van der Waals surface area (Å²) in [4.78, 5) is 39.7. The summed E-state index contributed by atoms with van der Waals surface area (Å²) >= 11 is 3.52. The Morgan fingerprint density at radius 3 is 2.48 bits per heavy atom. The minimum Gasteiger partial charge on any atom is -0.480 e. The largest absolute Gasteiger partial charge is 0.480 e. The maximum Gasteiger partial charge on any atom is 0.326 e. The number of aromatic amines is 1. The van der Waals surface area contributed by atoms with Crippen LogP contribution in [0.4, 0.5) is 0 Å². The number of carbonyl (C=O) groups excluding carboxylic acids is 1. The zero-order chi connectivity index (χ0) is 21.1. The second-order valence-electron chi connectivity index (χ2n) is 7.22. The van der Waals surface area contributed by atoms with Crippen LogP contribution in [0.2, 0.25) is 0 Å². The SMILES string of the molecule is CC(C)[C@H](NC(=O)c1c[nH]c2cc(Cc3ccccc3)c(Br)cc2c1=O)C(=O)O. The van der Waals surface area contributed by atoms with Gasteiger partial charge < -0.3 is 15.4 Å². The van der Waals surface area contributed by atoms with Crippen molar-refractivity contribution in [3.63, 3.8) is 0 Å². The second-order valence-corrected chi connectivity index (χ2v) is 8.07. The van der Waals surface area contributed by atoms with Crippen molar-refractivity contribution in [3.8, 4) is 0 Å². The molecule has 1 amide bonds. The molecule has 2 aromatic carbocycles. The second kappa shape index (κ2) is 8.61. The normalized spacial score (nSPS) is 12.1. The van der Waals surface area contributed by atoms with E-state index in [1.807, 2.05) is 36.4 Å². The molecule has 150 valence electrons. The van der Waals surface area contributed by atoms with E-state index in [0.29, 0.717) is 17.3 Å². The van der Waals surface area contributed by atoms with E-state index in [1.165, 1.54) is 6.20 Å². The molecule has 0 aliphatic heterocycles. The molecule has 0 saturated heterocycles. The number of carboxylic acids is 1. The van der Waals surface area contributed by atoms with Gasteiger partial charge in [-0.25, -0.2) is 4.79 Å². The monoisotopic (exact) mass is 456 g/mol. The Hall–Kier alpha value is -2.93. The summed E-state index contributed by atoms with van der Waals surface area (Å²) in [5.74, 6) is -2.16. The van der Waals surface area contributed by atoms with E-state index in [-0.39, 0.29) is 11.5 Å². The maximum absolute atomic E-state index is 12.9. The number of hydrogen-bond acceptors (Lipinski definition) is 3. The molecule has 3 rings (SSSR count). The van der Waals surface area contributed by atoms with E-state index in [2.05, 4.69) is 26.2 Å². The van der Waals surface area contributed by atoms with E-state index in [0.717, 1.165) is 15.6 Å². The van der Waals surface area contributed by atoms with Crippen LogP contribution in [0.3, 0.4) is 0 Å². The number of halogens is 1. The van der Waals surface area contributed by atoms with Crippen LogP contribution in [0.5, 0.6) is 0 Å². The Morgan fingerprint density at radius 1 is 1.17 bits per heavy atom. The van der Waals surface area contributed by atoms with Crippen LogP contribution in [-0.2, 0) is 11.2 Å². The number of aromatic nitrogens is 1. The maximum atomic E-state index is 12.9. The number of pyridine rings is 1. The van der Waals surface area contributed by atoms with Crippen LogP contribution >= 0.6 is 15.9 Å². The summed E-state index contributed by atoms with van der Waals surface area (Å²) in [6.45, 7) is 3.38. The Bertz CT molecular complexity index is 1120. The van der Waals surface area contributed by atoms with E-state index in [1.54, 1.807) is 19.9 Å². The van der Waals surface area contributed by atoms with E-state index in [4.69, 9.17) is 0 Å². The van der Waals surface area contributed by atoms with Crippen LogP contribution in [-0.4, -0.2) is 28.0 Å². The number of hydrogen-bond donors (Lipinski definition) is 3. The van der Waals surface area contributed by atoms with Gasteiger partial charge in [-0.1, -0.05) is 60.1 Å². The molecule has 0 saturated carbocycles. The van der Waals surface area contributed by atoms with Crippen molar-refractivity contribution >= 4 is 38.7 Å². The molecule has 0 aliphatic rings. The van der Waals surface area contributed by atoms with E-state index in [9.17, 15) is 19.5 Å². The molecule has 1 heterocycles. The molecule has 1 aromatic heterocycles. The molecule has 0 unspecified atom stereocenters. The van der Waals surface area contributed by atoms with Crippen LogP contribution < -0.4 is 10.7 Å². The third kappa shape index (κ3) is 4.56. The molecular formula is C22H21BrN2O4. The molecule has 0 bridgehead atoms. The molecular weight excluding hydrogens is 436 g/mol. The minimum atomic E-state index is -1.14. The van der Waals surface area contributed by atoms with Gasteiger partial charge in [-0.2, -0.15) is 0 Å². The highest BCUT2D eigenvalue weighted by molar-refractivity contribution is 9.10. The first-order valence-electron chi connectivity index (χ1n) is 9.19. The van der Waals surface area contributed by atoms with Gasteiger partial charge in [-0.05, 0) is 35.6 Å². The van der Waals surface area contributed by atoms with Crippen molar-refractivity contribution in [3.05, 3.63) is 80.0 Å². The van der Waals surface area contributed by atoms with Crippen molar-refractivity contribution in [2.75, 3.05) is 0 Å². The average Bonchev–Trinajstić information content (AvgIpc) is 2.68. The fraction of sp³-hybridized carbons (Fsp3) is 0.227. The number of benzene rings is 2. The predicted molar refractivity (Wildman–Crippen MR) is 115 cm³/mol. The topological polar surface area (TPSA) is 99.3 Å². The summed E-state index contributed by atoms with van der Waals surface area (Å²) in [5, 5.41) is 12.0. The lowest BCUT2D eigenvalue weighted by molar-refractivity contribution is -0.140. The van der Waals surface area contributed by atoms with Gasteiger partial charge in [0.1, 0.15) is 11.6 Å². The smallest absolute Gasteiger partial charge is 0.326 e. The first kappa shape index (κ1) is 20.8. The van der Waals surface area contributed by atoms with Crippen LogP contribution in [0.1, 0.15) is 35.3 Å². The minimum absolute atomic E-state index is 0.118. The van der Waals surface area contributed by atoms with Gasteiger partial charge >= 0.3 is 5.97 Å². The highest BCUT2D eigenvalue weighted by Crippen LogP contribution is 2.24. The average molecular weight is 457 g/mol. The fourth-order valence-corrected chi connectivity index (χ4v) is 3.62. The molecule has 0 aliphatic carbocycles. The number of fused-ring (bicyclic) bond motifs is 1. The van der Waals surface area contributed by atoms with Gasteiger partial charge in [0, 0.05) is 21.6 Å². The summed E-state index contributed by atoms with van der Waals surface area (Å²) in [5.41, 5.74) is 2.18. The Kier molecular flexibility index (Phi) is 6.17.